The van der Waals surface area contributed by atoms with Gasteiger partial charge in [0, 0.05) is 11.9 Å². The number of halogens is 1. The summed E-state index contributed by atoms with van der Waals surface area (Å²) in [6.45, 7) is 5.13. The SMILES string of the molecule is Cc1cn(CC(C)(C)O)c(=O)n1-c1ccccc1F. The van der Waals surface area contributed by atoms with Crippen molar-refractivity contribution in [2.75, 3.05) is 0 Å². The molecule has 0 spiro atoms. The first-order valence-corrected chi connectivity index (χ1v) is 6.06. The lowest BCUT2D eigenvalue weighted by Gasteiger charge is -2.16. The van der Waals surface area contributed by atoms with E-state index in [1.54, 1.807) is 45.2 Å². The van der Waals surface area contributed by atoms with E-state index in [-0.39, 0.29) is 17.9 Å². The summed E-state index contributed by atoms with van der Waals surface area (Å²) >= 11 is 0. The fourth-order valence-corrected chi connectivity index (χ4v) is 2.07. The maximum Gasteiger partial charge on any atom is 0.333 e. The molecule has 0 aliphatic rings. The molecule has 0 aliphatic carbocycles. The van der Waals surface area contributed by atoms with Crippen molar-refractivity contribution in [1.82, 2.24) is 9.13 Å². The lowest BCUT2D eigenvalue weighted by atomic mass is 10.1. The zero-order valence-corrected chi connectivity index (χ0v) is 11.2. The van der Waals surface area contributed by atoms with E-state index in [9.17, 15) is 14.3 Å². The van der Waals surface area contributed by atoms with Gasteiger partial charge in [0.1, 0.15) is 5.82 Å². The van der Waals surface area contributed by atoms with Crippen molar-refractivity contribution < 1.29 is 9.50 Å². The number of hydrogen-bond donors (Lipinski definition) is 1. The number of aromatic nitrogens is 2. The van der Waals surface area contributed by atoms with Crippen molar-refractivity contribution in [2.45, 2.75) is 32.9 Å². The van der Waals surface area contributed by atoms with Gasteiger partial charge in [0.25, 0.3) is 0 Å². The Kier molecular flexibility index (Phi) is 3.32. The summed E-state index contributed by atoms with van der Waals surface area (Å²) in [4.78, 5) is 12.3. The highest BCUT2D eigenvalue weighted by atomic mass is 19.1. The summed E-state index contributed by atoms with van der Waals surface area (Å²) in [5.74, 6) is -0.450. The van der Waals surface area contributed by atoms with Crippen LogP contribution in [0.1, 0.15) is 19.5 Å². The standard InChI is InChI=1S/C14H17FN2O2/c1-10-8-16(9-14(2,3)19)13(18)17(10)12-7-5-4-6-11(12)15/h4-8,19H,9H2,1-3H3. The summed E-state index contributed by atoms with van der Waals surface area (Å²) in [6, 6.07) is 6.12. The molecule has 0 unspecified atom stereocenters. The van der Waals surface area contributed by atoms with Crippen LogP contribution in [-0.4, -0.2) is 19.8 Å². The molecule has 5 heteroatoms. The normalized spacial score (nSPS) is 11.8. The second kappa shape index (κ2) is 4.66. The quantitative estimate of drug-likeness (QED) is 0.919. The summed E-state index contributed by atoms with van der Waals surface area (Å²) in [5.41, 5.74) is -0.513. The predicted octanol–water partition coefficient (Wildman–Crippen LogP) is 1.86. The zero-order chi connectivity index (χ0) is 14.2. The van der Waals surface area contributed by atoms with Gasteiger partial charge in [-0.2, -0.15) is 0 Å². The first kappa shape index (κ1) is 13.5. The largest absolute Gasteiger partial charge is 0.389 e. The van der Waals surface area contributed by atoms with Crippen LogP contribution in [0.5, 0.6) is 0 Å². The lowest BCUT2D eigenvalue weighted by Crippen LogP contribution is -2.33. The molecule has 1 heterocycles. The molecule has 4 nitrogen and oxygen atoms in total. The van der Waals surface area contributed by atoms with E-state index in [4.69, 9.17) is 0 Å². The van der Waals surface area contributed by atoms with E-state index in [1.807, 2.05) is 0 Å². The van der Waals surface area contributed by atoms with E-state index in [0.717, 1.165) is 0 Å². The Labute approximate surface area is 110 Å². The molecular weight excluding hydrogens is 247 g/mol. The Morgan fingerprint density at radius 2 is 1.95 bits per heavy atom. The molecule has 0 saturated heterocycles. The Hall–Kier alpha value is -1.88. The molecular formula is C14H17FN2O2. The van der Waals surface area contributed by atoms with Crippen LogP contribution in [-0.2, 0) is 6.54 Å². The lowest BCUT2D eigenvalue weighted by molar-refractivity contribution is 0.0604. The van der Waals surface area contributed by atoms with Crippen molar-refractivity contribution >= 4 is 0 Å². The van der Waals surface area contributed by atoms with Gasteiger partial charge in [-0.1, -0.05) is 12.1 Å². The van der Waals surface area contributed by atoms with Gasteiger partial charge in [0.15, 0.2) is 0 Å². The van der Waals surface area contributed by atoms with Crippen LogP contribution < -0.4 is 5.69 Å². The minimum atomic E-state index is -1.00. The molecule has 1 N–H and O–H groups in total. The number of aryl methyl sites for hydroxylation is 1. The number of aliphatic hydroxyl groups is 1. The number of benzene rings is 1. The molecule has 1 aromatic carbocycles. The topological polar surface area (TPSA) is 47.2 Å². The highest BCUT2D eigenvalue weighted by Gasteiger charge is 2.18. The highest BCUT2D eigenvalue weighted by molar-refractivity contribution is 5.35. The van der Waals surface area contributed by atoms with Gasteiger partial charge in [-0.05, 0) is 32.9 Å². The molecule has 0 saturated carbocycles. The van der Waals surface area contributed by atoms with Gasteiger partial charge >= 0.3 is 5.69 Å². The number of rotatable bonds is 3. The molecule has 0 atom stereocenters. The van der Waals surface area contributed by atoms with Crippen LogP contribution >= 0.6 is 0 Å². The van der Waals surface area contributed by atoms with Crippen molar-refractivity contribution in [1.29, 1.82) is 0 Å². The van der Waals surface area contributed by atoms with Crippen LogP contribution in [0.25, 0.3) is 5.69 Å². The van der Waals surface area contributed by atoms with E-state index >= 15 is 0 Å². The van der Waals surface area contributed by atoms with E-state index < -0.39 is 11.4 Å². The molecule has 0 bridgehead atoms. The van der Waals surface area contributed by atoms with Gasteiger partial charge in [0.2, 0.25) is 0 Å². The summed E-state index contributed by atoms with van der Waals surface area (Å²) < 4.78 is 16.5. The van der Waals surface area contributed by atoms with Crippen LogP contribution in [0.4, 0.5) is 4.39 Å². The highest BCUT2D eigenvalue weighted by Crippen LogP contribution is 2.14. The molecule has 102 valence electrons. The molecule has 0 fully saturated rings. The molecule has 2 aromatic rings. The molecule has 19 heavy (non-hydrogen) atoms. The van der Waals surface area contributed by atoms with E-state index in [0.29, 0.717) is 5.69 Å². The molecule has 0 radical (unpaired) electrons. The van der Waals surface area contributed by atoms with Gasteiger partial charge < -0.3 is 5.11 Å². The van der Waals surface area contributed by atoms with Gasteiger partial charge in [0.05, 0.1) is 17.8 Å². The van der Waals surface area contributed by atoms with Gasteiger partial charge in [-0.25, -0.2) is 9.18 Å². The minimum Gasteiger partial charge on any atom is -0.389 e. The van der Waals surface area contributed by atoms with Gasteiger partial charge in [-0.15, -0.1) is 0 Å². The smallest absolute Gasteiger partial charge is 0.333 e. The second-order valence-corrected chi connectivity index (χ2v) is 5.28. The predicted molar refractivity (Wildman–Crippen MR) is 71.0 cm³/mol. The van der Waals surface area contributed by atoms with Gasteiger partial charge in [-0.3, -0.25) is 9.13 Å². The van der Waals surface area contributed by atoms with E-state index in [1.165, 1.54) is 15.2 Å². The third kappa shape index (κ3) is 2.76. The number of para-hydroxylation sites is 1. The minimum absolute atomic E-state index is 0.161. The van der Waals surface area contributed by atoms with Crippen molar-refractivity contribution in [3.63, 3.8) is 0 Å². The molecule has 0 amide bonds. The summed E-state index contributed by atoms with van der Waals surface area (Å²) in [5, 5.41) is 9.78. The molecule has 2 rings (SSSR count). The van der Waals surface area contributed by atoms with Crippen molar-refractivity contribution in [3.05, 3.63) is 52.5 Å². The van der Waals surface area contributed by atoms with E-state index in [2.05, 4.69) is 0 Å². The average molecular weight is 264 g/mol. The molecule has 1 aromatic heterocycles. The fourth-order valence-electron chi connectivity index (χ4n) is 2.07. The second-order valence-electron chi connectivity index (χ2n) is 5.28. The Morgan fingerprint density at radius 3 is 2.53 bits per heavy atom. The van der Waals surface area contributed by atoms with Crippen LogP contribution in [0, 0.1) is 12.7 Å². The Bertz CT molecular complexity index is 650. The zero-order valence-electron chi connectivity index (χ0n) is 11.2. The average Bonchev–Trinajstić information content (AvgIpc) is 2.53. The number of nitrogens with zero attached hydrogens (tertiary/aromatic N) is 2. The first-order valence-electron chi connectivity index (χ1n) is 6.06. The monoisotopic (exact) mass is 264 g/mol. The Balaban J connectivity index is 2.55. The Morgan fingerprint density at radius 1 is 1.32 bits per heavy atom. The number of imidazole rings is 1. The number of hydrogen-bond acceptors (Lipinski definition) is 2. The summed E-state index contributed by atoms with van der Waals surface area (Å²) in [7, 11) is 0. The first-order chi connectivity index (χ1) is 8.79. The van der Waals surface area contributed by atoms with Crippen LogP contribution in [0.2, 0.25) is 0 Å². The van der Waals surface area contributed by atoms with Crippen LogP contribution in [0.15, 0.2) is 35.3 Å². The molecule has 0 aliphatic heterocycles. The van der Waals surface area contributed by atoms with Crippen molar-refractivity contribution in [3.8, 4) is 5.69 Å². The van der Waals surface area contributed by atoms with Crippen LogP contribution in [0.3, 0.4) is 0 Å². The summed E-state index contributed by atoms with van der Waals surface area (Å²) in [6.07, 6.45) is 1.62. The van der Waals surface area contributed by atoms with Crippen molar-refractivity contribution in [2.24, 2.45) is 0 Å². The maximum absolute atomic E-state index is 13.8. The fraction of sp³-hybridized carbons (Fsp3) is 0.357. The third-order valence-corrected chi connectivity index (χ3v) is 2.78. The third-order valence-electron chi connectivity index (χ3n) is 2.78. The maximum atomic E-state index is 13.8.